The van der Waals surface area contributed by atoms with Gasteiger partial charge < -0.3 is 30.1 Å². The molecule has 1 saturated heterocycles. The monoisotopic (exact) mass is 447 g/mol. The number of methoxy groups -OCH3 is 1. The van der Waals surface area contributed by atoms with E-state index in [1.165, 1.54) is 4.57 Å². The lowest BCUT2D eigenvalue weighted by atomic mass is 10.2. The Morgan fingerprint density at radius 1 is 1.32 bits per heavy atom. The van der Waals surface area contributed by atoms with Gasteiger partial charge in [0.25, 0.3) is 0 Å². The van der Waals surface area contributed by atoms with Crippen LogP contribution in [-0.2, 0) is 11.3 Å². The predicted octanol–water partition coefficient (Wildman–Crippen LogP) is 1.78. The number of fused-ring (bicyclic) bond motifs is 1. The van der Waals surface area contributed by atoms with E-state index in [0.717, 1.165) is 5.69 Å². The van der Waals surface area contributed by atoms with Gasteiger partial charge in [-0.2, -0.15) is 0 Å². The molecule has 164 valence electrons. The zero-order chi connectivity index (χ0) is 22.0. The van der Waals surface area contributed by atoms with Crippen molar-refractivity contribution in [1.29, 1.82) is 0 Å². The molecule has 31 heavy (non-hydrogen) atoms. The molecule has 1 aliphatic rings. The van der Waals surface area contributed by atoms with Crippen molar-refractivity contribution < 1.29 is 19.1 Å². The van der Waals surface area contributed by atoms with Gasteiger partial charge in [-0.3, -0.25) is 9.88 Å². The molecule has 2 aromatic carbocycles. The molecule has 5 N–H and O–H groups in total. The van der Waals surface area contributed by atoms with Crippen molar-refractivity contribution in [2.45, 2.75) is 18.9 Å². The molecular weight excluding hydrogens is 426 g/mol. The summed E-state index contributed by atoms with van der Waals surface area (Å²) >= 11 is 6.02. The van der Waals surface area contributed by atoms with E-state index in [1.807, 2.05) is 12.1 Å². The molecule has 2 heterocycles. The highest BCUT2D eigenvalue weighted by Gasteiger charge is 2.39. The largest absolute Gasteiger partial charge is 0.495 e. The lowest BCUT2D eigenvalue weighted by Gasteiger charge is -2.09. The predicted molar refractivity (Wildman–Crippen MR) is 116 cm³/mol. The summed E-state index contributed by atoms with van der Waals surface area (Å²) in [6.07, 6.45) is -0.285. The topological polar surface area (TPSA) is 140 Å². The maximum atomic E-state index is 12.2. The summed E-state index contributed by atoms with van der Waals surface area (Å²) in [5.41, 5.74) is 7.93. The maximum absolute atomic E-state index is 12.2. The molecule has 0 spiro atoms. The lowest BCUT2D eigenvalue weighted by molar-refractivity contribution is 0.318. The van der Waals surface area contributed by atoms with Crippen LogP contribution in [0.1, 0.15) is 5.56 Å². The maximum Gasteiger partial charge on any atom is 0.420 e. The second kappa shape index (κ2) is 8.88. The Morgan fingerprint density at radius 3 is 2.94 bits per heavy atom. The van der Waals surface area contributed by atoms with Gasteiger partial charge >= 0.3 is 5.76 Å². The first-order valence-corrected chi connectivity index (χ1v) is 9.95. The summed E-state index contributed by atoms with van der Waals surface area (Å²) < 4.78 is 17.6. The first-order valence-electron chi connectivity index (χ1n) is 9.57. The molecule has 0 bridgehead atoms. The molecule has 1 aromatic heterocycles. The van der Waals surface area contributed by atoms with Crippen LogP contribution in [0.2, 0.25) is 5.02 Å². The summed E-state index contributed by atoms with van der Waals surface area (Å²) in [6.45, 7) is 1.69. The van der Waals surface area contributed by atoms with Gasteiger partial charge in [0.05, 0.1) is 24.2 Å². The number of hydrogen-bond acceptors (Lipinski definition) is 8. The number of amidine groups is 1. The van der Waals surface area contributed by atoms with Crippen LogP contribution in [0.4, 0.5) is 5.69 Å². The fourth-order valence-corrected chi connectivity index (χ4v) is 3.48. The number of rotatable bonds is 9. The molecule has 1 aliphatic heterocycles. The number of ether oxygens (including phenoxy) is 2. The standard InChI is InChI=1S/C20H22ClN5O5/c1-29-15-9-12(3-4-13(15)21)23-6-7-24-19-17(30-19)10-26-14-5-2-11(18(22)25-28)8-16(14)31-20(26)27/h2-5,8-9,17,19,23-24,28H,6-7,10H2,1H3,(H2,22,25). The third-order valence-electron chi connectivity index (χ3n) is 4.97. The van der Waals surface area contributed by atoms with Gasteiger partial charge in [-0.05, 0) is 30.3 Å². The number of oxazole rings is 1. The molecule has 0 radical (unpaired) electrons. The molecule has 11 heteroatoms. The van der Waals surface area contributed by atoms with Crippen molar-refractivity contribution in [3.05, 3.63) is 57.5 Å². The Morgan fingerprint density at radius 2 is 2.16 bits per heavy atom. The number of oxime groups is 1. The van der Waals surface area contributed by atoms with Crippen molar-refractivity contribution in [2.75, 3.05) is 25.5 Å². The molecule has 10 nitrogen and oxygen atoms in total. The van der Waals surface area contributed by atoms with E-state index in [-0.39, 0.29) is 18.2 Å². The van der Waals surface area contributed by atoms with Crippen molar-refractivity contribution in [2.24, 2.45) is 10.9 Å². The Kier molecular flexibility index (Phi) is 6.03. The van der Waals surface area contributed by atoms with Gasteiger partial charge in [0.1, 0.15) is 18.1 Å². The van der Waals surface area contributed by atoms with Crippen LogP contribution >= 0.6 is 11.6 Å². The zero-order valence-corrected chi connectivity index (χ0v) is 17.4. The Balaban J connectivity index is 1.29. The molecule has 3 aromatic rings. The highest BCUT2D eigenvalue weighted by Crippen LogP contribution is 2.27. The van der Waals surface area contributed by atoms with E-state index < -0.39 is 5.76 Å². The van der Waals surface area contributed by atoms with E-state index in [1.54, 1.807) is 31.4 Å². The normalized spacial score (nSPS) is 18.3. The number of epoxide rings is 1. The molecule has 1 fully saturated rings. The van der Waals surface area contributed by atoms with E-state index in [4.69, 9.17) is 36.4 Å². The Labute approximate surface area is 182 Å². The summed E-state index contributed by atoms with van der Waals surface area (Å²) in [7, 11) is 1.57. The second-order valence-electron chi connectivity index (χ2n) is 6.97. The van der Waals surface area contributed by atoms with Gasteiger partial charge in [0, 0.05) is 30.4 Å². The second-order valence-corrected chi connectivity index (χ2v) is 7.38. The van der Waals surface area contributed by atoms with Crippen molar-refractivity contribution >= 4 is 34.2 Å². The number of halogens is 1. The summed E-state index contributed by atoms with van der Waals surface area (Å²) in [5.74, 6) is 0.0680. The third-order valence-corrected chi connectivity index (χ3v) is 5.28. The van der Waals surface area contributed by atoms with Crippen LogP contribution in [0.25, 0.3) is 11.1 Å². The molecule has 0 saturated carbocycles. The van der Waals surface area contributed by atoms with E-state index >= 15 is 0 Å². The number of nitrogens with two attached hydrogens (primary N) is 1. The number of benzene rings is 2. The summed E-state index contributed by atoms with van der Waals surface area (Å²) in [6, 6.07) is 10.4. The number of nitrogens with one attached hydrogen (secondary N) is 2. The zero-order valence-electron chi connectivity index (χ0n) is 16.7. The average Bonchev–Trinajstić information content (AvgIpc) is 3.45. The molecular formula is C20H22ClN5O5. The van der Waals surface area contributed by atoms with Gasteiger partial charge in [-0.1, -0.05) is 16.8 Å². The smallest absolute Gasteiger partial charge is 0.420 e. The number of nitrogens with zero attached hydrogens (tertiary/aromatic N) is 2. The van der Waals surface area contributed by atoms with Crippen LogP contribution in [0.5, 0.6) is 5.75 Å². The molecule has 0 aliphatic carbocycles. The van der Waals surface area contributed by atoms with Crippen LogP contribution in [0.15, 0.2) is 50.8 Å². The van der Waals surface area contributed by atoms with Crippen LogP contribution in [-0.4, -0.2) is 48.1 Å². The summed E-state index contributed by atoms with van der Waals surface area (Å²) in [5, 5.41) is 18.9. The molecule has 2 unspecified atom stereocenters. The molecule has 4 rings (SSSR count). The minimum atomic E-state index is -0.487. The van der Waals surface area contributed by atoms with Gasteiger partial charge in [-0.15, -0.1) is 0 Å². The van der Waals surface area contributed by atoms with E-state index in [9.17, 15) is 4.79 Å². The Bertz CT molecular complexity index is 1170. The Hall–Kier alpha value is -3.21. The van der Waals surface area contributed by atoms with Gasteiger partial charge in [-0.25, -0.2) is 4.79 Å². The fourth-order valence-electron chi connectivity index (χ4n) is 3.29. The first kappa shape index (κ1) is 21.0. The van der Waals surface area contributed by atoms with E-state index in [0.29, 0.717) is 47.1 Å². The number of hydrogen-bond donors (Lipinski definition) is 4. The van der Waals surface area contributed by atoms with Crippen molar-refractivity contribution in [1.82, 2.24) is 9.88 Å². The van der Waals surface area contributed by atoms with Crippen LogP contribution in [0.3, 0.4) is 0 Å². The van der Waals surface area contributed by atoms with E-state index in [2.05, 4.69) is 15.8 Å². The fraction of sp³-hybridized carbons (Fsp3) is 0.300. The molecule has 2 atom stereocenters. The highest BCUT2D eigenvalue weighted by atomic mass is 35.5. The number of aromatic nitrogens is 1. The average molecular weight is 448 g/mol. The van der Waals surface area contributed by atoms with Crippen LogP contribution < -0.4 is 26.9 Å². The van der Waals surface area contributed by atoms with Gasteiger partial charge in [0.15, 0.2) is 11.4 Å². The van der Waals surface area contributed by atoms with Crippen molar-refractivity contribution in [3.8, 4) is 5.75 Å². The third kappa shape index (κ3) is 4.61. The van der Waals surface area contributed by atoms with Gasteiger partial charge in [0.2, 0.25) is 0 Å². The lowest BCUT2D eigenvalue weighted by Crippen LogP contribution is -2.28. The quantitative estimate of drug-likeness (QED) is 0.0971. The van der Waals surface area contributed by atoms with Crippen molar-refractivity contribution in [3.63, 3.8) is 0 Å². The minimum Gasteiger partial charge on any atom is -0.495 e. The highest BCUT2D eigenvalue weighted by molar-refractivity contribution is 6.32. The SMILES string of the molecule is COc1cc(NCCNC2OC2Cn2c(=O)oc3cc(/C(N)=N/O)ccc32)ccc1Cl. The first-order chi connectivity index (χ1) is 15.0. The summed E-state index contributed by atoms with van der Waals surface area (Å²) in [4.78, 5) is 12.2. The van der Waals surface area contributed by atoms with Crippen LogP contribution in [0, 0.1) is 0 Å². The minimum absolute atomic E-state index is 0.0576. The number of anilines is 1. The molecule has 0 amide bonds.